The second-order valence-electron chi connectivity index (χ2n) is 8.79. The van der Waals surface area contributed by atoms with Crippen LogP contribution in [0.1, 0.15) is 47.8 Å². The first-order chi connectivity index (χ1) is 17.4. The van der Waals surface area contributed by atoms with Crippen molar-refractivity contribution < 1.29 is 31.1 Å². The average molecular weight is 539 g/mol. The Kier molecular flexibility index (Phi) is 7.24. The fourth-order valence-electron chi connectivity index (χ4n) is 3.93. The quantitative estimate of drug-likeness (QED) is 0.464. The zero-order valence-corrected chi connectivity index (χ0v) is 21.1. The molecule has 0 saturated carbocycles. The summed E-state index contributed by atoms with van der Waals surface area (Å²) in [7, 11) is -2.79. The van der Waals surface area contributed by atoms with Crippen molar-refractivity contribution in [3.63, 3.8) is 0 Å². The van der Waals surface area contributed by atoms with Gasteiger partial charge < -0.3 is 14.6 Å². The van der Waals surface area contributed by atoms with E-state index in [1.54, 1.807) is 24.5 Å². The van der Waals surface area contributed by atoms with E-state index in [9.17, 15) is 26.4 Å². The first kappa shape index (κ1) is 26.5. The number of anilines is 1. The first-order valence-corrected chi connectivity index (χ1v) is 12.9. The van der Waals surface area contributed by atoms with Gasteiger partial charge in [-0.3, -0.25) is 4.79 Å². The number of methoxy groups -OCH3 is 1. The monoisotopic (exact) mass is 538 g/mol. The van der Waals surface area contributed by atoms with E-state index in [0.29, 0.717) is 22.6 Å². The third kappa shape index (κ3) is 5.91. The number of ether oxygens (including phenoxy) is 1. The average Bonchev–Trinajstić information content (AvgIpc) is 3.49. The normalized spacial score (nSPS) is 14.1. The van der Waals surface area contributed by atoms with Crippen LogP contribution in [0.3, 0.4) is 0 Å². The highest BCUT2D eigenvalue weighted by Crippen LogP contribution is 2.33. The van der Waals surface area contributed by atoms with E-state index in [2.05, 4.69) is 20.5 Å². The second kappa shape index (κ2) is 10.1. The molecule has 0 aliphatic carbocycles. The molecule has 3 heterocycles. The fourth-order valence-corrected chi connectivity index (χ4v) is 5.35. The van der Waals surface area contributed by atoms with E-state index in [1.807, 2.05) is 18.4 Å². The minimum Gasteiger partial charge on any atom is -0.496 e. The highest BCUT2D eigenvalue weighted by molar-refractivity contribution is 7.89. The number of sulfonamides is 1. The van der Waals surface area contributed by atoms with Crippen LogP contribution in [0.25, 0.3) is 11.5 Å². The molecule has 2 aromatic heterocycles. The van der Waals surface area contributed by atoms with Crippen LogP contribution >= 0.6 is 0 Å². The van der Waals surface area contributed by atoms with Crippen molar-refractivity contribution in [2.45, 2.75) is 45.6 Å². The molecule has 37 heavy (non-hydrogen) atoms. The third-order valence-corrected chi connectivity index (χ3v) is 7.61. The topological polar surface area (TPSA) is 119 Å². The predicted octanol–water partition coefficient (Wildman–Crippen LogP) is 3.78. The Morgan fingerprint density at radius 3 is 2.54 bits per heavy atom. The first-order valence-electron chi connectivity index (χ1n) is 11.3. The summed E-state index contributed by atoms with van der Waals surface area (Å²) in [5, 5.41) is 10.7. The van der Waals surface area contributed by atoms with Crippen LogP contribution in [0.15, 0.2) is 36.7 Å². The predicted molar refractivity (Wildman–Crippen MR) is 128 cm³/mol. The molecule has 0 radical (unpaired) electrons. The molecule has 3 aromatic rings. The van der Waals surface area contributed by atoms with E-state index >= 15 is 0 Å². The highest BCUT2D eigenvalue weighted by Gasteiger charge is 2.35. The van der Waals surface area contributed by atoms with E-state index < -0.39 is 34.3 Å². The van der Waals surface area contributed by atoms with Crippen LogP contribution in [0.2, 0.25) is 0 Å². The van der Waals surface area contributed by atoms with Gasteiger partial charge in [0.2, 0.25) is 10.0 Å². The highest BCUT2D eigenvalue weighted by atomic mass is 32.2. The van der Waals surface area contributed by atoms with Crippen LogP contribution < -0.4 is 10.1 Å². The Bertz CT molecular complexity index is 1420. The summed E-state index contributed by atoms with van der Waals surface area (Å²) in [6, 6.07) is 8.16. The van der Waals surface area contributed by atoms with Crippen molar-refractivity contribution in [3.8, 4) is 17.3 Å². The second-order valence-corrected chi connectivity index (χ2v) is 10.9. The summed E-state index contributed by atoms with van der Waals surface area (Å²) in [6.45, 7) is 3.70. The molecule has 0 atom stereocenters. The van der Waals surface area contributed by atoms with Gasteiger partial charge in [0.25, 0.3) is 5.91 Å². The number of hydrogen-bond acceptors (Lipinski definition) is 7. The van der Waals surface area contributed by atoms with Crippen molar-refractivity contribution >= 4 is 21.7 Å². The molecule has 0 bridgehead atoms. The number of hydrogen-bond donors (Lipinski definition) is 1. The Morgan fingerprint density at radius 2 is 1.89 bits per heavy atom. The molecule has 14 heteroatoms. The van der Waals surface area contributed by atoms with Crippen molar-refractivity contribution in [1.29, 1.82) is 0 Å². The number of rotatable bonds is 8. The number of carbonyl (C=O) groups is 1. The van der Waals surface area contributed by atoms with Gasteiger partial charge in [0.1, 0.15) is 23.6 Å². The minimum atomic E-state index is -4.58. The molecule has 0 spiro atoms. The van der Waals surface area contributed by atoms with Gasteiger partial charge in [0, 0.05) is 19.1 Å². The number of nitrogens with zero attached hydrogens (tertiary/aromatic N) is 5. The molecular weight excluding hydrogens is 513 g/mol. The number of alkyl halides is 3. The number of pyridine rings is 1. The Labute approximate surface area is 211 Å². The van der Waals surface area contributed by atoms with Crippen LogP contribution in [0, 0.1) is 0 Å². The molecule has 0 saturated heterocycles. The summed E-state index contributed by atoms with van der Waals surface area (Å²) in [6.07, 6.45) is -4.42. The minimum absolute atomic E-state index is 0.0950. The molecule has 1 aromatic carbocycles. The van der Waals surface area contributed by atoms with Crippen LogP contribution in [0.5, 0.6) is 5.75 Å². The number of nitrogens with one attached hydrogen (secondary N) is 1. The summed E-state index contributed by atoms with van der Waals surface area (Å²) < 4.78 is 70.7. The lowest BCUT2D eigenvalue weighted by atomic mass is 10.0. The van der Waals surface area contributed by atoms with Gasteiger partial charge in [-0.25, -0.2) is 13.4 Å². The Hall–Kier alpha value is -3.52. The SMILES string of the molecule is COc1cc2c(cc1C(=O)Nc1cccc(-c3nncn3C(C)C)n1)CN(S(=O)(=O)CCC(F)(F)F)C2. The zero-order valence-electron chi connectivity index (χ0n) is 20.3. The van der Waals surface area contributed by atoms with Crippen molar-refractivity contribution in [2.24, 2.45) is 0 Å². The largest absolute Gasteiger partial charge is 0.496 e. The van der Waals surface area contributed by atoms with Gasteiger partial charge in [-0.1, -0.05) is 6.07 Å². The molecule has 4 rings (SSSR count). The number of amides is 1. The molecule has 1 amide bonds. The van der Waals surface area contributed by atoms with Crippen molar-refractivity contribution in [1.82, 2.24) is 24.1 Å². The summed E-state index contributed by atoms with van der Waals surface area (Å²) in [5.41, 5.74) is 1.70. The van der Waals surface area contributed by atoms with Gasteiger partial charge in [0.15, 0.2) is 5.82 Å². The van der Waals surface area contributed by atoms with E-state index in [-0.39, 0.29) is 36.3 Å². The molecule has 0 unspecified atom stereocenters. The standard InChI is InChI=1S/C23H25F3N6O4S/c1-14(2)32-13-27-30-21(32)18-5-4-6-20(28-18)29-22(33)17-9-15-11-31(12-16(15)10-19(17)36-3)37(34,35)8-7-23(24,25)26/h4-6,9-10,13-14H,7-8,11-12H2,1-3H3,(H,28,29,33). The van der Waals surface area contributed by atoms with Gasteiger partial charge in [0.05, 0.1) is 24.8 Å². The number of carbonyl (C=O) groups excluding carboxylic acids is 1. The molecule has 1 aliphatic heterocycles. The number of benzene rings is 1. The van der Waals surface area contributed by atoms with Crippen LogP contribution in [-0.2, 0) is 23.1 Å². The number of halogens is 3. The lowest BCUT2D eigenvalue weighted by Gasteiger charge is -2.16. The zero-order chi connectivity index (χ0) is 27.0. The molecule has 1 N–H and O–H groups in total. The molecule has 0 fully saturated rings. The smallest absolute Gasteiger partial charge is 0.390 e. The maximum Gasteiger partial charge on any atom is 0.390 e. The summed E-state index contributed by atoms with van der Waals surface area (Å²) >= 11 is 0. The van der Waals surface area contributed by atoms with Gasteiger partial charge in [-0.15, -0.1) is 10.2 Å². The van der Waals surface area contributed by atoms with E-state index in [4.69, 9.17) is 4.74 Å². The maximum absolute atomic E-state index is 13.1. The lowest BCUT2D eigenvalue weighted by Crippen LogP contribution is -2.30. The Morgan fingerprint density at radius 1 is 1.19 bits per heavy atom. The van der Waals surface area contributed by atoms with Gasteiger partial charge >= 0.3 is 6.18 Å². The molecule has 1 aliphatic rings. The summed E-state index contributed by atoms with van der Waals surface area (Å²) in [5.74, 6) is -0.607. The molecule has 10 nitrogen and oxygen atoms in total. The van der Waals surface area contributed by atoms with Crippen molar-refractivity contribution in [2.75, 3.05) is 18.2 Å². The van der Waals surface area contributed by atoms with E-state index in [1.165, 1.54) is 19.2 Å². The van der Waals surface area contributed by atoms with Crippen LogP contribution in [-0.4, -0.2) is 57.4 Å². The number of fused-ring (bicyclic) bond motifs is 1. The Balaban J connectivity index is 1.55. The lowest BCUT2D eigenvalue weighted by molar-refractivity contribution is -0.130. The third-order valence-electron chi connectivity index (χ3n) is 5.85. The van der Waals surface area contributed by atoms with Gasteiger partial charge in [-0.05, 0) is 49.2 Å². The molecule has 198 valence electrons. The number of aromatic nitrogens is 4. The fraction of sp³-hybridized carbons (Fsp3) is 0.391. The maximum atomic E-state index is 13.1. The van der Waals surface area contributed by atoms with Crippen LogP contribution in [0.4, 0.5) is 19.0 Å². The van der Waals surface area contributed by atoms with Gasteiger partial charge in [-0.2, -0.15) is 17.5 Å². The van der Waals surface area contributed by atoms with Crippen molar-refractivity contribution in [3.05, 3.63) is 53.3 Å². The van der Waals surface area contributed by atoms with E-state index in [0.717, 1.165) is 4.31 Å². The summed E-state index contributed by atoms with van der Waals surface area (Å²) in [4.78, 5) is 17.6. The molecular formula is C23H25F3N6O4S.